The van der Waals surface area contributed by atoms with Crippen LogP contribution in [-0.2, 0) is 23.9 Å². The maximum absolute atomic E-state index is 13.8. The fourth-order valence-electron chi connectivity index (χ4n) is 6.19. The van der Waals surface area contributed by atoms with E-state index in [-0.39, 0.29) is 48.1 Å². The molecule has 9 nitrogen and oxygen atoms in total. The Labute approximate surface area is 253 Å². The third-order valence-corrected chi connectivity index (χ3v) is 8.87. The Morgan fingerprint density at radius 2 is 1.69 bits per heavy atom. The van der Waals surface area contributed by atoms with E-state index in [9.17, 15) is 19.5 Å². The average Bonchev–Trinajstić information content (AvgIpc) is 3.46. The van der Waals surface area contributed by atoms with Crippen LogP contribution in [0.15, 0.2) is 30.3 Å². The second kappa shape index (κ2) is 17.0. The average molecular weight is 590 g/mol. The number of nitrogens with zero attached hydrogens (tertiary/aromatic N) is 2. The van der Waals surface area contributed by atoms with E-state index in [4.69, 9.17) is 9.47 Å². The van der Waals surface area contributed by atoms with Gasteiger partial charge >= 0.3 is 0 Å². The maximum Gasteiger partial charge on any atom is 0.225 e. The molecule has 1 fully saturated rings. The highest BCUT2D eigenvalue weighted by molar-refractivity contribution is 5.81. The second-order valence-electron chi connectivity index (χ2n) is 12.4. The van der Waals surface area contributed by atoms with Crippen LogP contribution in [0.5, 0.6) is 0 Å². The molecule has 9 heteroatoms. The van der Waals surface area contributed by atoms with E-state index in [0.29, 0.717) is 13.0 Å². The van der Waals surface area contributed by atoms with E-state index in [0.717, 1.165) is 24.8 Å². The van der Waals surface area contributed by atoms with Gasteiger partial charge in [0.25, 0.3) is 0 Å². The van der Waals surface area contributed by atoms with E-state index in [2.05, 4.69) is 19.2 Å². The Balaban J connectivity index is 2.15. The molecule has 0 aliphatic carbocycles. The van der Waals surface area contributed by atoms with Crippen LogP contribution in [0.4, 0.5) is 0 Å². The molecule has 3 amide bonds. The minimum atomic E-state index is -0.845. The van der Waals surface area contributed by atoms with Crippen LogP contribution in [0.25, 0.3) is 0 Å². The monoisotopic (exact) mass is 589 g/mol. The van der Waals surface area contributed by atoms with Crippen molar-refractivity contribution in [1.82, 2.24) is 15.1 Å². The number of amides is 3. The highest BCUT2D eigenvalue weighted by Crippen LogP contribution is 2.30. The number of likely N-dealkylation sites (N-methyl/N-ethyl adjacent to an activating group) is 1. The summed E-state index contributed by atoms with van der Waals surface area (Å²) < 4.78 is 11.8. The van der Waals surface area contributed by atoms with Gasteiger partial charge in [-0.05, 0) is 37.2 Å². The second-order valence-corrected chi connectivity index (χ2v) is 12.4. The zero-order chi connectivity index (χ0) is 31.6. The summed E-state index contributed by atoms with van der Waals surface area (Å²) >= 11 is 0. The molecule has 1 aliphatic rings. The fraction of sp³-hybridized carbons (Fsp3) is 0.727. The van der Waals surface area contributed by atoms with Crippen LogP contribution in [0.3, 0.4) is 0 Å². The van der Waals surface area contributed by atoms with Crippen molar-refractivity contribution in [3.8, 4) is 0 Å². The van der Waals surface area contributed by atoms with Crippen molar-refractivity contribution in [2.75, 3.05) is 27.8 Å². The Kier molecular flexibility index (Phi) is 14.4. The molecule has 1 aromatic rings. The Morgan fingerprint density at radius 1 is 1.05 bits per heavy atom. The number of aliphatic hydroxyl groups is 1. The molecule has 238 valence electrons. The van der Waals surface area contributed by atoms with Crippen molar-refractivity contribution in [3.63, 3.8) is 0 Å². The lowest BCUT2D eigenvalue weighted by molar-refractivity contribution is -0.146. The van der Waals surface area contributed by atoms with Gasteiger partial charge in [0.1, 0.15) is 0 Å². The van der Waals surface area contributed by atoms with Gasteiger partial charge in [0.15, 0.2) is 0 Å². The summed E-state index contributed by atoms with van der Waals surface area (Å²) in [7, 11) is 4.99. The van der Waals surface area contributed by atoms with Crippen molar-refractivity contribution in [1.29, 1.82) is 0 Å². The smallest absolute Gasteiger partial charge is 0.225 e. The molecule has 2 N–H and O–H groups in total. The number of hydrogen-bond donors (Lipinski definition) is 2. The fourth-order valence-corrected chi connectivity index (χ4v) is 6.19. The lowest BCUT2D eigenvalue weighted by atomic mass is 9.90. The van der Waals surface area contributed by atoms with Gasteiger partial charge in [-0.3, -0.25) is 14.4 Å². The van der Waals surface area contributed by atoms with Gasteiger partial charge in [0.2, 0.25) is 17.7 Å². The van der Waals surface area contributed by atoms with E-state index in [1.807, 2.05) is 56.1 Å². The van der Waals surface area contributed by atoms with Gasteiger partial charge in [-0.15, -0.1) is 0 Å². The first-order valence-electron chi connectivity index (χ1n) is 15.5. The first kappa shape index (κ1) is 35.7. The van der Waals surface area contributed by atoms with Gasteiger partial charge in [0, 0.05) is 34.2 Å². The number of likely N-dealkylation sites (tertiary alicyclic amines) is 1. The number of nitrogens with one attached hydrogen (secondary N) is 1. The summed E-state index contributed by atoms with van der Waals surface area (Å²) in [6.07, 6.45) is 1.15. The number of methoxy groups -OCH3 is 2. The number of aliphatic hydroxyl groups excluding tert-OH is 1. The maximum atomic E-state index is 13.8. The SMILES string of the molecule is CC[C@@H](C)[C@H]([C@H](CC(=O)N1CCC[C@@H]1[C@@H](OC)[C@H](C)C(=O)N[C@@H](C)C(O)c1ccccc1)OC)N(C)C(=O)CC(C)C. The molecule has 0 radical (unpaired) electrons. The van der Waals surface area contributed by atoms with Gasteiger partial charge in [0.05, 0.1) is 48.8 Å². The Bertz CT molecular complexity index is 989. The number of rotatable bonds is 16. The number of carbonyl (C=O) groups is 3. The molecule has 1 aliphatic heterocycles. The molecule has 1 saturated heterocycles. The largest absolute Gasteiger partial charge is 0.386 e. The molecule has 1 aromatic carbocycles. The highest BCUT2D eigenvalue weighted by Gasteiger charge is 2.42. The Hall–Kier alpha value is -2.49. The van der Waals surface area contributed by atoms with Crippen molar-refractivity contribution in [3.05, 3.63) is 35.9 Å². The number of carbonyl (C=O) groups excluding carboxylic acids is 3. The van der Waals surface area contributed by atoms with Crippen LogP contribution in [0, 0.1) is 17.8 Å². The lowest BCUT2D eigenvalue weighted by Crippen LogP contribution is -2.53. The first-order valence-corrected chi connectivity index (χ1v) is 15.5. The third-order valence-electron chi connectivity index (χ3n) is 8.87. The molecule has 0 aromatic heterocycles. The Morgan fingerprint density at radius 3 is 2.24 bits per heavy atom. The zero-order valence-electron chi connectivity index (χ0n) is 27.2. The van der Waals surface area contributed by atoms with Crippen molar-refractivity contribution in [2.45, 2.75) is 110 Å². The topological polar surface area (TPSA) is 108 Å². The summed E-state index contributed by atoms with van der Waals surface area (Å²) in [5.74, 6) is -0.424. The van der Waals surface area contributed by atoms with Crippen LogP contribution >= 0.6 is 0 Å². The molecular weight excluding hydrogens is 534 g/mol. The molecular formula is C33H55N3O6. The quantitative estimate of drug-likeness (QED) is 0.299. The molecule has 0 spiro atoms. The van der Waals surface area contributed by atoms with Crippen molar-refractivity contribution in [2.24, 2.45) is 17.8 Å². The van der Waals surface area contributed by atoms with Crippen LogP contribution in [0.1, 0.15) is 85.3 Å². The number of hydrogen-bond acceptors (Lipinski definition) is 6. The van der Waals surface area contributed by atoms with Crippen molar-refractivity contribution >= 4 is 17.7 Å². The molecule has 0 saturated carbocycles. The van der Waals surface area contributed by atoms with Gasteiger partial charge in [-0.1, -0.05) is 71.4 Å². The van der Waals surface area contributed by atoms with Crippen LogP contribution < -0.4 is 5.32 Å². The van der Waals surface area contributed by atoms with E-state index < -0.39 is 30.3 Å². The minimum absolute atomic E-state index is 0.0507. The third kappa shape index (κ3) is 9.25. The number of ether oxygens (including phenoxy) is 2. The van der Waals surface area contributed by atoms with E-state index in [1.54, 1.807) is 33.0 Å². The number of benzene rings is 1. The zero-order valence-corrected chi connectivity index (χ0v) is 27.2. The first-order chi connectivity index (χ1) is 19.9. The summed E-state index contributed by atoms with van der Waals surface area (Å²) in [6.45, 7) is 12.4. The summed E-state index contributed by atoms with van der Waals surface area (Å²) in [6, 6.07) is 8.22. The molecule has 1 heterocycles. The van der Waals surface area contributed by atoms with E-state index >= 15 is 0 Å². The predicted octanol–water partition coefficient (Wildman–Crippen LogP) is 4.19. The van der Waals surface area contributed by atoms with Crippen LogP contribution in [-0.4, -0.2) is 90.8 Å². The minimum Gasteiger partial charge on any atom is -0.386 e. The van der Waals surface area contributed by atoms with Gasteiger partial charge in [-0.25, -0.2) is 0 Å². The standard InChI is InChI=1S/C33H55N3O6/c1-10-22(4)30(35(7)28(37)19-21(2)3)27(41-8)20-29(38)36-18-14-17-26(36)32(42-9)23(5)33(40)34-24(6)31(39)25-15-12-11-13-16-25/h11-13,15-16,21-24,26-27,30-32,39H,10,14,17-20H2,1-9H3,(H,34,40)/t22-,23+,24+,26-,27+,30-,31?,32+/m1/s1. The summed E-state index contributed by atoms with van der Waals surface area (Å²) in [5, 5.41) is 13.7. The summed E-state index contributed by atoms with van der Waals surface area (Å²) in [5.41, 5.74) is 0.730. The predicted molar refractivity (Wildman–Crippen MR) is 165 cm³/mol. The molecule has 42 heavy (non-hydrogen) atoms. The van der Waals surface area contributed by atoms with E-state index in [1.165, 1.54) is 0 Å². The van der Waals surface area contributed by atoms with Gasteiger partial charge in [-0.2, -0.15) is 0 Å². The molecule has 0 bridgehead atoms. The lowest BCUT2D eigenvalue weighted by Gasteiger charge is -2.39. The molecule has 2 rings (SSSR count). The molecule has 1 unspecified atom stereocenters. The van der Waals surface area contributed by atoms with Crippen molar-refractivity contribution < 1.29 is 29.0 Å². The highest BCUT2D eigenvalue weighted by atomic mass is 16.5. The summed E-state index contributed by atoms with van der Waals surface area (Å²) in [4.78, 5) is 43.7. The normalized spacial score (nSPS) is 20.4. The van der Waals surface area contributed by atoms with Gasteiger partial charge < -0.3 is 29.7 Å². The van der Waals surface area contributed by atoms with Crippen LogP contribution in [0.2, 0.25) is 0 Å². The molecule has 8 atom stereocenters.